The van der Waals surface area contributed by atoms with Gasteiger partial charge in [0.25, 0.3) is 0 Å². The maximum atomic E-state index is 13.0. The molecule has 1 rings (SSSR count). The van der Waals surface area contributed by atoms with Gasteiger partial charge in [0.05, 0.1) is 17.3 Å². The second-order valence-corrected chi connectivity index (χ2v) is 3.08. The number of halogens is 2. The largest absolute Gasteiger partial charge is 0.495 e. The van der Waals surface area contributed by atoms with Gasteiger partial charge in [-0.25, -0.2) is 4.39 Å². The predicted octanol–water partition coefficient (Wildman–Crippen LogP) is 2.17. The highest BCUT2D eigenvalue weighted by Crippen LogP contribution is 2.30. The van der Waals surface area contributed by atoms with E-state index in [-0.39, 0.29) is 5.69 Å². The predicted molar refractivity (Wildman–Crippen MR) is 50.3 cm³/mol. The molecule has 0 saturated heterocycles. The third-order valence-electron chi connectivity index (χ3n) is 1.46. The lowest BCUT2D eigenvalue weighted by molar-refractivity contribution is -0.105. The van der Waals surface area contributed by atoms with Crippen LogP contribution in [-0.4, -0.2) is 13.5 Å². The third kappa shape index (κ3) is 2.18. The Morgan fingerprint density at radius 1 is 1.62 bits per heavy atom. The van der Waals surface area contributed by atoms with Crippen molar-refractivity contribution >= 4 is 28.0 Å². The summed E-state index contributed by atoms with van der Waals surface area (Å²) in [5.74, 6) is -0.0504. The van der Waals surface area contributed by atoms with Gasteiger partial charge in [0.15, 0.2) is 0 Å². The van der Waals surface area contributed by atoms with Gasteiger partial charge in [-0.05, 0) is 22.0 Å². The normalized spacial score (nSPS) is 9.46. The van der Waals surface area contributed by atoms with E-state index in [9.17, 15) is 9.18 Å². The molecule has 70 valence electrons. The van der Waals surface area contributed by atoms with Gasteiger partial charge in [-0.3, -0.25) is 4.79 Å². The zero-order valence-electron chi connectivity index (χ0n) is 6.80. The Morgan fingerprint density at radius 2 is 2.31 bits per heavy atom. The topological polar surface area (TPSA) is 38.3 Å². The molecule has 0 saturated carbocycles. The van der Waals surface area contributed by atoms with Crippen molar-refractivity contribution in [1.29, 1.82) is 0 Å². The molecule has 0 atom stereocenters. The number of carbonyl (C=O) groups is 1. The summed E-state index contributed by atoms with van der Waals surface area (Å²) in [5.41, 5.74) is 0.0926. The first-order valence-corrected chi connectivity index (χ1v) is 4.21. The molecule has 5 heteroatoms. The number of methoxy groups -OCH3 is 1. The van der Waals surface area contributed by atoms with E-state index in [4.69, 9.17) is 4.74 Å². The van der Waals surface area contributed by atoms with Crippen LogP contribution in [0.25, 0.3) is 0 Å². The minimum absolute atomic E-state index is 0.0926. The van der Waals surface area contributed by atoms with Crippen LogP contribution in [0.1, 0.15) is 0 Å². The van der Waals surface area contributed by atoms with Crippen molar-refractivity contribution in [2.45, 2.75) is 0 Å². The van der Waals surface area contributed by atoms with Crippen LogP contribution in [0, 0.1) is 5.82 Å². The van der Waals surface area contributed by atoms with Gasteiger partial charge in [-0.2, -0.15) is 0 Å². The molecule has 0 spiro atoms. The molecule has 0 bridgehead atoms. The van der Waals surface area contributed by atoms with E-state index in [2.05, 4.69) is 21.2 Å². The van der Waals surface area contributed by atoms with Crippen molar-refractivity contribution in [3.63, 3.8) is 0 Å². The van der Waals surface area contributed by atoms with Crippen LogP contribution in [0.3, 0.4) is 0 Å². The first-order chi connectivity index (χ1) is 6.19. The van der Waals surface area contributed by atoms with Gasteiger partial charge in [-0.1, -0.05) is 0 Å². The van der Waals surface area contributed by atoms with Gasteiger partial charge in [0, 0.05) is 6.07 Å². The van der Waals surface area contributed by atoms with Gasteiger partial charge >= 0.3 is 0 Å². The fourth-order valence-electron chi connectivity index (χ4n) is 0.860. The van der Waals surface area contributed by atoms with Gasteiger partial charge in [-0.15, -0.1) is 0 Å². The van der Waals surface area contributed by atoms with Gasteiger partial charge in [0.2, 0.25) is 6.41 Å². The Hall–Kier alpha value is -1.10. The van der Waals surface area contributed by atoms with E-state index in [0.717, 1.165) is 0 Å². The molecule has 0 aliphatic heterocycles. The van der Waals surface area contributed by atoms with Crippen molar-refractivity contribution in [2.75, 3.05) is 12.4 Å². The van der Waals surface area contributed by atoms with Crippen LogP contribution < -0.4 is 10.1 Å². The Bertz CT molecular complexity index is 330. The van der Waals surface area contributed by atoms with Crippen LogP contribution >= 0.6 is 15.9 Å². The summed E-state index contributed by atoms with van der Waals surface area (Å²) in [6.45, 7) is 0. The number of nitrogens with one attached hydrogen (secondary N) is 1. The van der Waals surface area contributed by atoms with E-state index in [1.165, 1.54) is 19.2 Å². The zero-order valence-corrected chi connectivity index (χ0v) is 8.39. The molecule has 0 unspecified atom stereocenters. The smallest absolute Gasteiger partial charge is 0.211 e. The van der Waals surface area contributed by atoms with E-state index >= 15 is 0 Å². The number of rotatable bonds is 3. The number of hydrogen-bond donors (Lipinski definition) is 1. The molecule has 1 N–H and O–H groups in total. The summed E-state index contributed by atoms with van der Waals surface area (Å²) in [4.78, 5) is 10.1. The summed E-state index contributed by atoms with van der Waals surface area (Å²) in [6.07, 6.45) is 0.408. The SMILES string of the molecule is COc1cc(NC=O)c(F)cc1Br. The average Bonchev–Trinajstić information content (AvgIpc) is 2.10. The molecule has 1 aromatic carbocycles. The molecule has 1 amide bonds. The second kappa shape index (κ2) is 4.23. The number of ether oxygens (including phenoxy) is 1. The Labute approximate surface area is 83.0 Å². The maximum Gasteiger partial charge on any atom is 0.211 e. The summed E-state index contributed by atoms with van der Waals surface area (Å²) < 4.78 is 18.5. The fraction of sp³-hybridized carbons (Fsp3) is 0.125. The van der Waals surface area contributed by atoms with E-state index in [1.54, 1.807) is 0 Å². The second-order valence-electron chi connectivity index (χ2n) is 2.23. The van der Waals surface area contributed by atoms with Crippen molar-refractivity contribution < 1.29 is 13.9 Å². The number of hydrogen-bond acceptors (Lipinski definition) is 2. The number of anilines is 1. The van der Waals surface area contributed by atoms with Crippen LogP contribution in [-0.2, 0) is 4.79 Å². The Balaban J connectivity index is 3.13. The van der Waals surface area contributed by atoms with Crippen LogP contribution in [0.5, 0.6) is 5.75 Å². The molecular formula is C8H7BrFNO2. The van der Waals surface area contributed by atoms with Crippen molar-refractivity contribution in [3.05, 3.63) is 22.4 Å². The molecule has 0 aliphatic rings. The van der Waals surface area contributed by atoms with Crippen LogP contribution in [0.15, 0.2) is 16.6 Å². The van der Waals surface area contributed by atoms with Gasteiger partial charge < -0.3 is 10.1 Å². The molecule has 3 nitrogen and oxygen atoms in total. The zero-order chi connectivity index (χ0) is 9.84. The minimum atomic E-state index is -0.514. The quantitative estimate of drug-likeness (QED) is 0.832. The fourth-order valence-corrected chi connectivity index (χ4v) is 1.34. The van der Waals surface area contributed by atoms with Crippen molar-refractivity contribution in [3.8, 4) is 5.75 Å². The van der Waals surface area contributed by atoms with Crippen LogP contribution in [0.4, 0.5) is 10.1 Å². The summed E-state index contributed by atoms with van der Waals surface area (Å²) in [6, 6.07) is 2.62. The monoisotopic (exact) mass is 247 g/mol. The Kier molecular flexibility index (Phi) is 3.25. The molecule has 1 aromatic rings. The highest BCUT2D eigenvalue weighted by molar-refractivity contribution is 9.10. The van der Waals surface area contributed by atoms with Crippen molar-refractivity contribution in [2.24, 2.45) is 0 Å². The first kappa shape index (κ1) is 9.98. The summed E-state index contributed by atoms with van der Waals surface area (Å²) in [5, 5.41) is 2.22. The molecule has 0 radical (unpaired) electrons. The summed E-state index contributed by atoms with van der Waals surface area (Å²) >= 11 is 3.11. The Morgan fingerprint density at radius 3 is 2.85 bits per heavy atom. The highest BCUT2D eigenvalue weighted by atomic mass is 79.9. The lowest BCUT2D eigenvalue weighted by atomic mass is 10.3. The lowest BCUT2D eigenvalue weighted by Crippen LogP contribution is -1.98. The molecule has 0 aromatic heterocycles. The number of benzene rings is 1. The number of amides is 1. The first-order valence-electron chi connectivity index (χ1n) is 3.42. The summed E-state index contributed by atoms with van der Waals surface area (Å²) in [7, 11) is 1.46. The molecule has 0 aliphatic carbocycles. The van der Waals surface area contributed by atoms with E-state index in [0.29, 0.717) is 16.6 Å². The van der Waals surface area contributed by atoms with Crippen LogP contribution in [0.2, 0.25) is 0 Å². The number of carbonyl (C=O) groups excluding carboxylic acids is 1. The molecular weight excluding hydrogens is 241 g/mol. The standard InChI is InChI=1S/C8H7BrFNO2/c1-13-8-3-7(11-4-12)6(10)2-5(8)9/h2-4H,1H3,(H,11,12). The molecule has 0 heterocycles. The van der Waals surface area contributed by atoms with Crippen molar-refractivity contribution in [1.82, 2.24) is 0 Å². The lowest BCUT2D eigenvalue weighted by Gasteiger charge is -2.06. The third-order valence-corrected chi connectivity index (χ3v) is 2.08. The minimum Gasteiger partial charge on any atom is -0.495 e. The maximum absolute atomic E-state index is 13.0. The van der Waals surface area contributed by atoms with E-state index < -0.39 is 5.82 Å². The molecule has 0 fully saturated rings. The van der Waals surface area contributed by atoms with E-state index in [1.807, 2.05) is 0 Å². The van der Waals surface area contributed by atoms with Gasteiger partial charge in [0.1, 0.15) is 11.6 Å². The molecule has 13 heavy (non-hydrogen) atoms. The highest BCUT2D eigenvalue weighted by Gasteiger charge is 2.07. The average molecular weight is 248 g/mol.